The van der Waals surface area contributed by atoms with E-state index in [0.717, 1.165) is 19.3 Å². The topological polar surface area (TPSA) is 68.9 Å². The largest absolute Gasteiger partial charge is 0.345 e. The van der Waals surface area contributed by atoms with E-state index in [2.05, 4.69) is 10.3 Å². The molecule has 0 spiro atoms. The zero-order valence-electron chi connectivity index (χ0n) is 19.6. The lowest BCUT2D eigenvalue weighted by molar-refractivity contribution is 0.0900. The monoisotopic (exact) mass is 476 g/mol. The van der Waals surface area contributed by atoms with E-state index in [1.54, 1.807) is 49.1 Å². The number of rotatable bonds is 6. The van der Waals surface area contributed by atoms with Gasteiger partial charge in [-0.15, -0.1) is 0 Å². The molecule has 5 rings (SSSR count). The molecule has 1 aliphatic rings. The first-order valence-corrected chi connectivity index (χ1v) is 11.7. The second-order valence-corrected chi connectivity index (χ2v) is 9.17. The molecule has 0 unspecified atom stereocenters. The van der Waals surface area contributed by atoms with Crippen LogP contribution in [0.3, 0.4) is 0 Å². The Kier molecular flexibility index (Phi) is 5.96. The number of carbonyl (C=O) groups is 1. The molecule has 4 aromatic rings. The molecular weight excluding hydrogens is 450 g/mol. The van der Waals surface area contributed by atoms with E-state index in [0.29, 0.717) is 17.1 Å². The molecule has 0 bridgehead atoms. The van der Waals surface area contributed by atoms with Crippen molar-refractivity contribution in [2.45, 2.75) is 38.8 Å². The smallest absolute Gasteiger partial charge is 0.262 e. The van der Waals surface area contributed by atoms with Crippen LogP contribution in [0.5, 0.6) is 0 Å². The fraction of sp³-hybridized carbons (Fsp3) is 0.296. The van der Waals surface area contributed by atoms with E-state index in [-0.39, 0.29) is 40.7 Å². The van der Waals surface area contributed by atoms with Gasteiger partial charge in [-0.05, 0) is 49.4 Å². The molecule has 0 saturated heterocycles. The van der Waals surface area contributed by atoms with Crippen LogP contribution < -0.4 is 10.9 Å². The van der Waals surface area contributed by atoms with Crippen LogP contribution in [0.2, 0.25) is 0 Å². The minimum atomic E-state index is -0.684. The molecule has 0 radical (unpaired) electrons. The summed E-state index contributed by atoms with van der Waals surface area (Å²) in [7, 11) is 1.81. The van der Waals surface area contributed by atoms with Gasteiger partial charge in [-0.2, -0.15) is 0 Å². The Hall–Kier alpha value is -3.81. The van der Waals surface area contributed by atoms with E-state index in [1.165, 1.54) is 28.8 Å². The molecule has 1 fully saturated rings. The zero-order chi connectivity index (χ0) is 24.7. The summed E-state index contributed by atoms with van der Waals surface area (Å²) in [5.74, 6) is -0.691. The van der Waals surface area contributed by atoms with Crippen molar-refractivity contribution in [2.75, 3.05) is 0 Å². The van der Waals surface area contributed by atoms with Gasteiger partial charge in [-0.25, -0.2) is 13.8 Å². The molecule has 6 nitrogen and oxygen atoms in total. The van der Waals surface area contributed by atoms with Crippen molar-refractivity contribution in [3.8, 4) is 0 Å². The number of nitrogens with zero attached hydrogens (tertiary/aromatic N) is 3. The molecule has 0 aliphatic heterocycles. The van der Waals surface area contributed by atoms with Crippen LogP contribution in [0.4, 0.5) is 8.78 Å². The van der Waals surface area contributed by atoms with Crippen molar-refractivity contribution >= 4 is 16.7 Å². The van der Waals surface area contributed by atoms with Gasteiger partial charge in [0, 0.05) is 30.5 Å². The maximum absolute atomic E-state index is 14.9. The molecule has 1 saturated carbocycles. The fourth-order valence-corrected chi connectivity index (χ4v) is 4.89. The van der Waals surface area contributed by atoms with Gasteiger partial charge in [0.25, 0.3) is 11.5 Å². The summed E-state index contributed by atoms with van der Waals surface area (Å²) < 4.78 is 32.1. The highest BCUT2D eigenvalue weighted by Gasteiger charge is 2.32. The number of hydrogen-bond acceptors (Lipinski definition) is 3. The average Bonchev–Trinajstić information content (AvgIpc) is 3.19. The minimum absolute atomic E-state index is 0.0919. The highest BCUT2D eigenvalue weighted by Crippen LogP contribution is 2.38. The van der Waals surface area contributed by atoms with Crippen LogP contribution in [0, 0.1) is 24.5 Å². The third-order valence-electron chi connectivity index (χ3n) is 7.07. The van der Waals surface area contributed by atoms with Gasteiger partial charge in [0.2, 0.25) is 0 Å². The Labute approximate surface area is 201 Å². The summed E-state index contributed by atoms with van der Waals surface area (Å²) in [4.78, 5) is 31.4. The van der Waals surface area contributed by atoms with Gasteiger partial charge in [0.15, 0.2) is 0 Å². The van der Waals surface area contributed by atoms with Crippen LogP contribution in [0.15, 0.2) is 59.7 Å². The number of aryl methyl sites for hydroxylation is 1. The van der Waals surface area contributed by atoms with Crippen LogP contribution in [-0.4, -0.2) is 20.0 Å². The first-order chi connectivity index (χ1) is 16.8. The van der Waals surface area contributed by atoms with Crippen molar-refractivity contribution in [3.63, 3.8) is 0 Å². The maximum atomic E-state index is 14.9. The number of hydrogen-bond donors (Lipinski definition) is 1. The number of amides is 1. The van der Waals surface area contributed by atoms with Crippen LogP contribution in [0.1, 0.15) is 52.7 Å². The molecule has 1 amide bonds. The second-order valence-electron chi connectivity index (χ2n) is 9.17. The number of halogens is 2. The van der Waals surface area contributed by atoms with Crippen LogP contribution >= 0.6 is 0 Å². The van der Waals surface area contributed by atoms with Gasteiger partial charge in [0.05, 0.1) is 23.5 Å². The van der Waals surface area contributed by atoms with Gasteiger partial charge in [-0.1, -0.05) is 30.7 Å². The molecule has 1 aliphatic carbocycles. The summed E-state index contributed by atoms with van der Waals surface area (Å²) in [5.41, 5.74) is 0.822. The molecule has 2 heterocycles. The van der Waals surface area contributed by atoms with Gasteiger partial charge in [-0.3, -0.25) is 9.59 Å². The third kappa shape index (κ3) is 4.13. The second kappa shape index (κ2) is 9.09. The van der Waals surface area contributed by atoms with Crippen LogP contribution in [-0.2, 0) is 13.6 Å². The molecule has 8 heteroatoms. The van der Waals surface area contributed by atoms with E-state index < -0.39 is 17.3 Å². The molecular formula is C27H26F2N4O2. The Bertz CT molecular complexity index is 1490. The standard InChI is InChI=1S/C27H26F2N4O2/c1-16-23(26(34)31-25(17-6-3-7-17)18-8-4-9-19(28)14-18)20-10-5-11-21(29)24(20)27(35)33(16)15-22-30-12-13-32(22)2/h4-5,8-14,17,25H,3,6-7,15H2,1-2H3,(H,31,34)/t25-/m0/s1. The van der Waals surface area contributed by atoms with E-state index in [1.807, 2.05) is 0 Å². The molecule has 35 heavy (non-hydrogen) atoms. The lowest BCUT2D eigenvalue weighted by atomic mass is 9.77. The first-order valence-electron chi connectivity index (χ1n) is 11.7. The number of fused-ring (bicyclic) bond motifs is 1. The van der Waals surface area contributed by atoms with Gasteiger partial charge >= 0.3 is 0 Å². The summed E-state index contributed by atoms with van der Waals surface area (Å²) >= 11 is 0. The fourth-order valence-electron chi connectivity index (χ4n) is 4.89. The number of benzene rings is 2. The number of nitrogens with one attached hydrogen (secondary N) is 1. The Morgan fingerprint density at radius 2 is 1.97 bits per heavy atom. The van der Waals surface area contributed by atoms with Crippen molar-refractivity contribution in [2.24, 2.45) is 13.0 Å². The zero-order valence-corrected chi connectivity index (χ0v) is 19.6. The Morgan fingerprint density at radius 3 is 2.63 bits per heavy atom. The maximum Gasteiger partial charge on any atom is 0.262 e. The highest BCUT2D eigenvalue weighted by atomic mass is 19.1. The van der Waals surface area contributed by atoms with Crippen molar-refractivity contribution < 1.29 is 13.6 Å². The lowest BCUT2D eigenvalue weighted by Crippen LogP contribution is -2.38. The molecule has 180 valence electrons. The predicted octanol–water partition coefficient (Wildman–Crippen LogP) is 4.64. The quantitative estimate of drug-likeness (QED) is 0.441. The van der Waals surface area contributed by atoms with E-state index in [9.17, 15) is 18.4 Å². The van der Waals surface area contributed by atoms with Crippen LogP contribution in [0.25, 0.3) is 10.8 Å². The molecule has 2 aromatic carbocycles. The van der Waals surface area contributed by atoms with Gasteiger partial charge < -0.3 is 14.5 Å². The summed E-state index contributed by atoms with van der Waals surface area (Å²) in [6, 6.07) is 10.2. The van der Waals surface area contributed by atoms with Crippen molar-refractivity contribution in [1.29, 1.82) is 0 Å². The summed E-state index contributed by atoms with van der Waals surface area (Å²) in [5, 5.41) is 3.21. The SMILES string of the molecule is Cc1c(C(=O)N[C@H](c2cccc(F)c2)C2CCC2)c2cccc(F)c2c(=O)n1Cc1nccn1C. The van der Waals surface area contributed by atoms with E-state index in [4.69, 9.17) is 0 Å². The molecule has 2 aromatic heterocycles. The number of pyridine rings is 1. The predicted molar refractivity (Wildman–Crippen MR) is 129 cm³/mol. The highest BCUT2D eigenvalue weighted by molar-refractivity contribution is 6.08. The Balaban J connectivity index is 1.63. The summed E-state index contributed by atoms with van der Waals surface area (Å²) in [6.45, 7) is 1.78. The van der Waals surface area contributed by atoms with Crippen molar-refractivity contribution in [3.05, 3.63) is 99.5 Å². The lowest BCUT2D eigenvalue weighted by Gasteiger charge is -2.35. The number of carbonyl (C=O) groups excluding carboxylic acids is 1. The van der Waals surface area contributed by atoms with E-state index >= 15 is 0 Å². The van der Waals surface area contributed by atoms with Crippen molar-refractivity contribution in [1.82, 2.24) is 19.4 Å². The normalized spacial score (nSPS) is 14.6. The number of imidazole rings is 1. The molecule has 1 N–H and O–H groups in total. The molecule has 1 atom stereocenters. The Morgan fingerprint density at radius 1 is 1.20 bits per heavy atom. The average molecular weight is 477 g/mol. The first kappa shape index (κ1) is 23.0. The minimum Gasteiger partial charge on any atom is -0.345 e. The summed E-state index contributed by atoms with van der Waals surface area (Å²) in [6.07, 6.45) is 6.28. The third-order valence-corrected chi connectivity index (χ3v) is 7.07. The number of aromatic nitrogens is 3. The van der Waals surface area contributed by atoms with Gasteiger partial charge in [0.1, 0.15) is 17.5 Å².